The third kappa shape index (κ3) is 3.63. The maximum absolute atomic E-state index is 12.2. The minimum absolute atomic E-state index is 0.00586. The van der Waals surface area contributed by atoms with Crippen molar-refractivity contribution in [1.29, 1.82) is 0 Å². The van der Waals surface area contributed by atoms with E-state index < -0.39 is 6.10 Å². The van der Waals surface area contributed by atoms with Crippen LogP contribution in [-0.2, 0) is 21.3 Å². The Morgan fingerprint density at radius 1 is 1.57 bits per heavy atom. The van der Waals surface area contributed by atoms with Gasteiger partial charge in [0.2, 0.25) is 5.91 Å². The van der Waals surface area contributed by atoms with E-state index in [1.807, 2.05) is 20.2 Å². The Morgan fingerprint density at radius 2 is 2.38 bits per heavy atom. The summed E-state index contributed by atoms with van der Waals surface area (Å²) in [6.45, 7) is 3.16. The van der Waals surface area contributed by atoms with Gasteiger partial charge in [-0.15, -0.1) is 0 Å². The SMILES string of the molecule is CC(OCC1CC1)C(=O)N[C@H]1CCO[C@@H]1c1cnn(C)c1. The molecule has 2 heterocycles. The number of aryl methyl sites for hydroxylation is 1. The Morgan fingerprint density at radius 3 is 3.05 bits per heavy atom. The zero-order valence-corrected chi connectivity index (χ0v) is 12.6. The molecule has 0 bridgehead atoms. The first-order valence-electron chi connectivity index (χ1n) is 7.65. The highest BCUT2D eigenvalue weighted by Crippen LogP contribution is 2.30. The van der Waals surface area contributed by atoms with Gasteiger partial charge >= 0.3 is 0 Å². The molecular weight excluding hydrogens is 270 g/mol. The van der Waals surface area contributed by atoms with Crippen molar-refractivity contribution in [3.05, 3.63) is 18.0 Å². The smallest absolute Gasteiger partial charge is 0.249 e. The van der Waals surface area contributed by atoms with Gasteiger partial charge in [0, 0.05) is 25.4 Å². The minimum atomic E-state index is -0.402. The van der Waals surface area contributed by atoms with Gasteiger partial charge in [0.1, 0.15) is 12.2 Å². The molecule has 1 aromatic heterocycles. The molecule has 21 heavy (non-hydrogen) atoms. The van der Waals surface area contributed by atoms with Crippen LogP contribution in [0.1, 0.15) is 37.9 Å². The molecule has 3 rings (SSSR count). The summed E-state index contributed by atoms with van der Waals surface area (Å²) in [5.74, 6) is 0.609. The molecule has 0 spiro atoms. The second kappa shape index (κ2) is 6.15. The van der Waals surface area contributed by atoms with Gasteiger partial charge in [-0.1, -0.05) is 0 Å². The van der Waals surface area contributed by atoms with Crippen molar-refractivity contribution < 1.29 is 14.3 Å². The van der Waals surface area contributed by atoms with Crippen molar-refractivity contribution in [3.63, 3.8) is 0 Å². The number of ether oxygens (including phenoxy) is 2. The zero-order valence-electron chi connectivity index (χ0n) is 12.6. The predicted molar refractivity (Wildman–Crippen MR) is 76.6 cm³/mol. The number of carbonyl (C=O) groups is 1. The van der Waals surface area contributed by atoms with E-state index in [1.54, 1.807) is 10.9 Å². The normalized spacial score (nSPS) is 26.8. The number of nitrogens with one attached hydrogen (secondary N) is 1. The molecule has 1 aromatic rings. The summed E-state index contributed by atoms with van der Waals surface area (Å²) in [4.78, 5) is 12.2. The molecule has 6 nitrogen and oxygen atoms in total. The number of aromatic nitrogens is 2. The van der Waals surface area contributed by atoms with E-state index in [4.69, 9.17) is 9.47 Å². The average molecular weight is 293 g/mol. The lowest BCUT2D eigenvalue weighted by Gasteiger charge is -2.21. The van der Waals surface area contributed by atoms with Gasteiger partial charge in [0.25, 0.3) is 0 Å². The number of carbonyl (C=O) groups excluding carboxylic acids is 1. The molecule has 2 fully saturated rings. The Labute approximate surface area is 124 Å². The maximum Gasteiger partial charge on any atom is 0.249 e. The van der Waals surface area contributed by atoms with Gasteiger partial charge < -0.3 is 14.8 Å². The van der Waals surface area contributed by atoms with Crippen LogP contribution in [0.3, 0.4) is 0 Å². The monoisotopic (exact) mass is 293 g/mol. The van der Waals surface area contributed by atoms with Gasteiger partial charge in [0.05, 0.1) is 18.8 Å². The molecule has 2 aliphatic rings. The molecule has 1 amide bonds. The van der Waals surface area contributed by atoms with E-state index in [0.29, 0.717) is 19.1 Å². The predicted octanol–water partition coefficient (Wildman–Crippen LogP) is 1.18. The first-order valence-corrected chi connectivity index (χ1v) is 7.65. The van der Waals surface area contributed by atoms with Crippen LogP contribution in [0.5, 0.6) is 0 Å². The molecular formula is C15H23N3O3. The molecule has 1 aliphatic heterocycles. The van der Waals surface area contributed by atoms with Crippen LogP contribution in [0.25, 0.3) is 0 Å². The highest BCUT2D eigenvalue weighted by Gasteiger charge is 2.33. The highest BCUT2D eigenvalue weighted by molar-refractivity contribution is 5.80. The number of amides is 1. The average Bonchev–Trinajstić information content (AvgIpc) is 3.02. The van der Waals surface area contributed by atoms with E-state index in [9.17, 15) is 4.79 Å². The van der Waals surface area contributed by atoms with Crippen molar-refractivity contribution in [2.75, 3.05) is 13.2 Å². The summed E-state index contributed by atoms with van der Waals surface area (Å²) >= 11 is 0. The van der Waals surface area contributed by atoms with E-state index in [-0.39, 0.29) is 18.1 Å². The highest BCUT2D eigenvalue weighted by atomic mass is 16.5. The van der Waals surface area contributed by atoms with Crippen LogP contribution >= 0.6 is 0 Å². The largest absolute Gasteiger partial charge is 0.371 e. The van der Waals surface area contributed by atoms with Gasteiger partial charge in [-0.3, -0.25) is 9.48 Å². The lowest BCUT2D eigenvalue weighted by molar-refractivity contribution is -0.133. The van der Waals surface area contributed by atoms with Crippen LogP contribution in [-0.4, -0.2) is 41.0 Å². The first kappa shape index (κ1) is 14.5. The van der Waals surface area contributed by atoms with Gasteiger partial charge in [-0.2, -0.15) is 5.10 Å². The Hall–Kier alpha value is -1.40. The number of nitrogens with zero attached hydrogens (tertiary/aromatic N) is 2. The van der Waals surface area contributed by atoms with Crippen molar-refractivity contribution in [1.82, 2.24) is 15.1 Å². The molecule has 0 radical (unpaired) electrons. The molecule has 1 N–H and O–H groups in total. The van der Waals surface area contributed by atoms with Crippen molar-refractivity contribution >= 4 is 5.91 Å². The molecule has 1 saturated heterocycles. The number of hydrogen-bond acceptors (Lipinski definition) is 4. The van der Waals surface area contributed by atoms with Crippen LogP contribution in [0.4, 0.5) is 0 Å². The van der Waals surface area contributed by atoms with Gasteiger partial charge in [0.15, 0.2) is 0 Å². The summed E-state index contributed by atoms with van der Waals surface area (Å²) in [6, 6.07) is -0.00586. The minimum Gasteiger partial charge on any atom is -0.371 e. The Balaban J connectivity index is 1.53. The fourth-order valence-corrected chi connectivity index (χ4v) is 2.59. The van der Waals surface area contributed by atoms with Crippen LogP contribution < -0.4 is 5.32 Å². The van der Waals surface area contributed by atoms with E-state index in [0.717, 1.165) is 12.0 Å². The molecule has 3 atom stereocenters. The second-order valence-electron chi connectivity index (χ2n) is 6.06. The third-order valence-corrected chi connectivity index (χ3v) is 4.12. The molecule has 1 unspecified atom stereocenters. The number of rotatable bonds is 6. The molecule has 1 saturated carbocycles. The van der Waals surface area contributed by atoms with Gasteiger partial charge in [-0.25, -0.2) is 0 Å². The number of hydrogen-bond donors (Lipinski definition) is 1. The van der Waals surface area contributed by atoms with Gasteiger partial charge in [-0.05, 0) is 32.1 Å². The van der Waals surface area contributed by atoms with Crippen LogP contribution in [0.15, 0.2) is 12.4 Å². The lowest BCUT2D eigenvalue weighted by Crippen LogP contribution is -2.42. The molecule has 6 heteroatoms. The molecule has 0 aromatic carbocycles. The van der Waals surface area contributed by atoms with E-state index in [2.05, 4.69) is 10.4 Å². The third-order valence-electron chi connectivity index (χ3n) is 4.12. The van der Waals surface area contributed by atoms with Crippen LogP contribution in [0.2, 0.25) is 0 Å². The summed E-state index contributed by atoms with van der Waals surface area (Å²) in [5.41, 5.74) is 1.01. The zero-order chi connectivity index (χ0) is 14.8. The second-order valence-corrected chi connectivity index (χ2v) is 6.06. The summed E-state index contributed by atoms with van der Waals surface area (Å²) in [5, 5.41) is 7.22. The summed E-state index contributed by atoms with van der Waals surface area (Å²) < 4.78 is 13.1. The summed E-state index contributed by atoms with van der Waals surface area (Å²) in [7, 11) is 1.87. The van der Waals surface area contributed by atoms with Crippen molar-refractivity contribution in [3.8, 4) is 0 Å². The molecule has 1 aliphatic carbocycles. The fourth-order valence-electron chi connectivity index (χ4n) is 2.59. The Kier molecular flexibility index (Phi) is 4.26. The standard InChI is InChI=1S/C15H23N3O3/c1-10(21-9-11-3-4-11)15(19)17-13-5-6-20-14(13)12-7-16-18(2)8-12/h7-8,10-11,13-14H,3-6,9H2,1-2H3,(H,17,19)/t10?,13-,14+/m0/s1. The van der Waals surface area contributed by atoms with Crippen molar-refractivity contribution in [2.45, 2.75) is 44.4 Å². The Bertz CT molecular complexity index is 498. The van der Waals surface area contributed by atoms with Crippen LogP contribution in [0, 0.1) is 5.92 Å². The van der Waals surface area contributed by atoms with E-state index >= 15 is 0 Å². The van der Waals surface area contributed by atoms with Crippen molar-refractivity contribution in [2.24, 2.45) is 13.0 Å². The molecule has 116 valence electrons. The van der Waals surface area contributed by atoms with E-state index in [1.165, 1.54) is 12.8 Å². The lowest BCUT2D eigenvalue weighted by atomic mass is 10.1. The fraction of sp³-hybridized carbons (Fsp3) is 0.733. The topological polar surface area (TPSA) is 65.4 Å². The summed E-state index contributed by atoms with van der Waals surface area (Å²) in [6.07, 6.45) is 6.49. The first-order chi connectivity index (χ1) is 10.1. The maximum atomic E-state index is 12.2. The quantitative estimate of drug-likeness (QED) is 0.855.